The maximum atomic E-state index is 12.0. The molecule has 0 aliphatic rings. The molecule has 1 heterocycles. The topological polar surface area (TPSA) is 105 Å². The van der Waals surface area contributed by atoms with Gasteiger partial charge in [0.25, 0.3) is 0 Å². The molecule has 1 N–H and O–H groups in total. The molecule has 0 radical (unpaired) electrons. The Morgan fingerprint density at radius 2 is 1.85 bits per heavy atom. The van der Waals surface area contributed by atoms with E-state index < -0.39 is 5.97 Å². The number of hydrogen-bond acceptors (Lipinski definition) is 7. The van der Waals surface area contributed by atoms with Crippen molar-refractivity contribution in [3.63, 3.8) is 0 Å². The van der Waals surface area contributed by atoms with E-state index in [0.29, 0.717) is 22.7 Å². The Kier molecular flexibility index (Phi) is 6.88. The maximum absolute atomic E-state index is 12.0. The summed E-state index contributed by atoms with van der Waals surface area (Å²) >= 11 is 1.24. The molecular weight excluding hydrogens is 356 g/mol. The highest BCUT2D eigenvalue weighted by Crippen LogP contribution is 2.17. The number of carbonyl (C=O) groups excluding carboxylic acids is 3. The number of thiophene rings is 1. The van der Waals surface area contributed by atoms with E-state index in [1.165, 1.54) is 18.3 Å². The smallest absolute Gasteiger partial charge is 0.344 e. The molecule has 26 heavy (non-hydrogen) atoms. The molecule has 2 aromatic rings. The minimum Gasteiger partial charge on any atom is -0.482 e. The molecule has 134 valence electrons. The van der Waals surface area contributed by atoms with Crippen molar-refractivity contribution in [3.8, 4) is 11.8 Å². The first-order valence-corrected chi connectivity index (χ1v) is 8.44. The van der Waals surface area contributed by atoms with E-state index in [1.54, 1.807) is 36.4 Å². The van der Waals surface area contributed by atoms with Crippen molar-refractivity contribution in [2.24, 2.45) is 0 Å². The molecule has 1 amide bonds. The van der Waals surface area contributed by atoms with Crippen LogP contribution in [0.1, 0.15) is 27.0 Å². The lowest BCUT2D eigenvalue weighted by Gasteiger charge is -2.06. The van der Waals surface area contributed by atoms with Gasteiger partial charge in [0, 0.05) is 11.8 Å². The first kappa shape index (κ1) is 19.1. The Balaban J connectivity index is 1.75. The average Bonchev–Trinajstić information content (AvgIpc) is 3.12. The number of ketones is 1. The zero-order valence-corrected chi connectivity index (χ0v) is 14.8. The second-order valence-corrected chi connectivity index (χ2v) is 6.35. The standard InChI is InChI=1S/C18H16N2O5S/c1-12(21)20-9-15-6-7-17(26-15)16(22)10-25-18(23)11-24-14-4-2-13(8-19)3-5-14/h2-7H,9-11H2,1H3,(H,20,21). The zero-order valence-electron chi connectivity index (χ0n) is 14.0. The van der Waals surface area contributed by atoms with Crippen molar-refractivity contribution in [3.05, 3.63) is 51.7 Å². The summed E-state index contributed by atoms with van der Waals surface area (Å²) in [4.78, 5) is 35.8. The van der Waals surface area contributed by atoms with Gasteiger partial charge in [0.15, 0.2) is 13.2 Å². The van der Waals surface area contributed by atoms with E-state index >= 15 is 0 Å². The van der Waals surface area contributed by atoms with Gasteiger partial charge in [0.05, 0.1) is 23.1 Å². The van der Waals surface area contributed by atoms with Crippen molar-refractivity contribution in [1.82, 2.24) is 5.32 Å². The lowest BCUT2D eigenvalue weighted by atomic mass is 10.2. The van der Waals surface area contributed by atoms with Crippen LogP contribution in [0.3, 0.4) is 0 Å². The summed E-state index contributed by atoms with van der Waals surface area (Å²) in [5.74, 6) is -0.718. The molecular formula is C18H16N2O5S. The quantitative estimate of drug-likeness (QED) is 0.562. The number of hydrogen-bond donors (Lipinski definition) is 1. The van der Waals surface area contributed by atoms with Crippen LogP contribution in [0.2, 0.25) is 0 Å². The molecule has 8 heteroatoms. The minimum atomic E-state index is -0.669. The molecule has 1 aromatic carbocycles. The lowest BCUT2D eigenvalue weighted by Crippen LogP contribution is -2.19. The van der Waals surface area contributed by atoms with Gasteiger partial charge in [-0.2, -0.15) is 5.26 Å². The number of nitrogens with zero attached hydrogens (tertiary/aromatic N) is 1. The Hall–Kier alpha value is -3.18. The van der Waals surface area contributed by atoms with Crippen molar-refractivity contribution < 1.29 is 23.9 Å². The van der Waals surface area contributed by atoms with Crippen LogP contribution in [0.15, 0.2) is 36.4 Å². The van der Waals surface area contributed by atoms with Crippen LogP contribution in [0, 0.1) is 11.3 Å². The van der Waals surface area contributed by atoms with Crippen LogP contribution in [0.4, 0.5) is 0 Å². The van der Waals surface area contributed by atoms with E-state index in [9.17, 15) is 14.4 Å². The van der Waals surface area contributed by atoms with Crippen molar-refractivity contribution in [2.75, 3.05) is 13.2 Å². The number of nitriles is 1. The Labute approximate surface area is 154 Å². The molecule has 0 aliphatic heterocycles. The van der Waals surface area contributed by atoms with E-state index in [-0.39, 0.29) is 24.9 Å². The summed E-state index contributed by atoms with van der Waals surface area (Å²) in [6, 6.07) is 11.6. The normalized spacial score (nSPS) is 9.85. The van der Waals surface area contributed by atoms with Gasteiger partial charge >= 0.3 is 5.97 Å². The number of ether oxygens (including phenoxy) is 2. The third-order valence-corrected chi connectivity index (χ3v) is 4.28. The van der Waals surface area contributed by atoms with Crippen molar-refractivity contribution in [1.29, 1.82) is 5.26 Å². The predicted octanol–water partition coefficient (Wildman–Crippen LogP) is 2.06. The Morgan fingerprint density at radius 1 is 1.12 bits per heavy atom. The lowest BCUT2D eigenvalue weighted by molar-refractivity contribution is -0.144. The van der Waals surface area contributed by atoms with Crippen LogP contribution in [0.5, 0.6) is 5.75 Å². The number of rotatable bonds is 8. The number of carbonyl (C=O) groups is 3. The number of amides is 1. The number of nitrogens with one attached hydrogen (secondary N) is 1. The largest absolute Gasteiger partial charge is 0.482 e. The van der Waals surface area contributed by atoms with Crippen LogP contribution in [0.25, 0.3) is 0 Å². The molecule has 2 rings (SSSR count). The first-order valence-electron chi connectivity index (χ1n) is 7.63. The fourth-order valence-electron chi connectivity index (χ4n) is 1.86. The van der Waals surface area contributed by atoms with E-state index in [1.807, 2.05) is 6.07 Å². The predicted molar refractivity (Wildman–Crippen MR) is 93.8 cm³/mol. The highest BCUT2D eigenvalue weighted by molar-refractivity contribution is 7.14. The third-order valence-electron chi connectivity index (χ3n) is 3.15. The van der Waals surface area contributed by atoms with Gasteiger partial charge in [0.1, 0.15) is 5.75 Å². The monoisotopic (exact) mass is 372 g/mol. The molecule has 0 saturated carbocycles. The van der Waals surface area contributed by atoms with E-state index in [2.05, 4.69) is 5.32 Å². The van der Waals surface area contributed by atoms with Crippen LogP contribution in [-0.2, 0) is 20.9 Å². The number of Topliss-reactive ketones (excluding diaryl/α,β-unsaturated/α-hetero) is 1. The number of esters is 1. The highest BCUT2D eigenvalue weighted by Gasteiger charge is 2.13. The summed E-state index contributed by atoms with van der Waals surface area (Å²) < 4.78 is 10.1. The molecule has 0 unspecified atom stereocenters. The molecule has 0 fully saturated rings. The molecule has 0 saturated heterocycles. The zero-order chi connectivity index (χ0) is 18.9. The SMILES string of the molecule is CC(=O)NCc1ccc(C(=O)COC(=O)COc2ccc(C#N)cc2)s1. The summed E-state index contributed by atoms with van der Waals surface area (Å²) in [6.07, 6.45) is 0. The molecule has 0 bridgehead atoms. The fourth-order valence-corrected chi connectivity index (χ4v) is 2.73. The number of benzene rings is 1. The minimum absolute atomic E-state index is 0.150. The van der Waals surface area contributed by atoms with Gasteiger partial charge in [-0.05, 0) is 36.4 Å². The van der Waals surface area contributed by atoms with Crippen LogP contribution >= 0.6 is 11.3 Å². The molecule has 0 atom stereocenters. The highest BCUT2D eigenvalue weighted by atomic mass is 32.1. The third kappa shape index (κ3) is 6.03. The second kappa shape index (κ2) is 9.34. The van der Waals surface area contributed by atoms with Gasteiger partial charge in [0.2, 0.25) is 11.7 Å². The summed E-state index contributed by atoms with van der Waals surface area (Å²) in [5.41, 5.74) is 0.486. The summed E-state index contributed by atoms with van der Waals surface area (Å²) in [5, 5.41) is 11.3. The van der Waals surface area contributed by atoms with Gasteiger partial charge in [-0.15, -0.1) is 11.3 Å². The van der Waals surface area contributed by atoms with Crippen molar-refractivity contribution in [2.45, 2.75) is 13.5 Å². The van der Waals surface area contributed by atoms with E-state index in [4.69, 9.17) is 14.7 Å². The molecule has 7 nitrogen and oxygen atoms in total. The Bertz CT molecular complexity index is 836. The molecule has 0 spiro atoms. The van der Waals surface area contributed by atoms with Gasteiger partial charge < -0.3 is 14.8 Å². The Morgan fingerprint density at radius 3 is 2.50 bits per heavy atom. The van der Waals surface area contributed by atoms with Crippen molar-refractivity contribution >= 4 is 29.0 Å². The van der Waals surface area contributed by atoms with E-state index in [0.717, 1.165) is 4.88 Å². The van der Waals surface area contributed by atoms with Gasteiger partial charge in [-0.1, -0.05) is 0 Å². The van der Waals surface area contributed by atoms with Crippen LogP contribution in [-0.4, -0.2) is 30.9 Å². The van der Waals surface area contributed by atoms with Gasteiger partial charge in [-0.3, -0.25) is 9.59 Å². The molecule has 1 aromatic heterocycles. The van der Waals surface area contributed by atoms with Crippen LogP contribution < -0.4 is 10.1 Å². The second-order valence-electron chi connectivity index (χ2n) is 5.18. The summed E-state index contributed by atoms with van der Waals surface area (Å²) in [6.45, 7) is 1.05. The first-order chi connectivity index (χ1) is 12.5. The average molecular weight is 372 g/mol. The fraction of sp³-hybridized carbons (Fsp3) is 0.222. The molecule has 0 aliphatic carbocycles. The summed E-state index contributed by atoms with van der Waals surface area (Å²) in [7, 11) is 0. The van der Waals surface area contributed by atoms with Gasteiger partial charge in [-0.25, -0.2) is 4.79 Å². The maximum Gasteiger partial charge on any atom is 0.344 e.